The Morgan fingerprint density at radius 2 is 2.05 bits per heavy atom. The minimum absolute atomic E-state index is 0.0297. The zero-order valence-electron chi connectivity index (χ0n) is 11.5. The van der Waals surface area contributed by atoms with Gasteiger partial charge in [-0.15, -0.1) is 11.3 Å². The molecule has 1 saturated carbocycles. The predicted molar refractivity (Wildman–Crippen MR) is 84.6 cm³/mol. The first-order chi connectivity index (χ1) is 9.46. The van der Waals surface area contributed by atoms with E-state index >= 15 is 0 Å². The van der Waals surface area contributed by atoms with Crippen molar-refractivity contribution in [3.63, 3.8) is 0 Å². The quantitative estimate of drug-likeness (QED) is 0.851. The van der Waals surface area contributed by atoms with Crippen molar-refractivity contribution in [1.29, 1.82) is 0 Å². The van der Waals surface area contributed by atoms with E-state index in [1.807, 2.05) is 6.92 Å². The van der Waals surface area contributed by atoms with Gasteiger partial charge in [0.05, 0.1) is 10.4 Å². The minimum atomic E-state index is -3.50. The van der Waals surface area contributed by atoms with Crippen molar-refractivity contribution >= 4 is 37.3 Å². The van der Waals surface area contributed by atoms with Crippen molar-refractivity contribution in [2.24, 2.45) is 0 Å². The summed E-state index contributed by atoms with van der Waals surface area (Å²) in [6, 6.07) is 1.74. The SMILES string of the molecule is Cc1cc(S(=O)(=O)N(CCO)C2CCCCC2)sc1Br. The number of halogens is 1. The summed E-state index contributed by atoms with van der Waals surface area (Å²) < 4.78 is 28.3. The molecule has 20 heavy (non-hydrogen) atoms. The maximum atomic E-state index is 12.8. The van der Waals surface area contributed by atoms with Crippen LogP contribution in [0.1, 0.15) is 37.7 Å². The van der Waals surface area contributed by atoms with E-state index in [0.29, 0.717) is 4.21 Å². The van der Waals surface area contributed by atoms with Gasteiger partial charge < -0.3 is 5.11 Å². The van der Waals surface area contributed by atoms with Gasteiger partial charge in [-0.05, 0) is 47.3 Å². The number of aryl methyl sites for hydroxylation is 1. The van der Waals surface area contributed by atoms with Crippen LogP contribution in [-0.4, -0.2) is 37.0 Å². The van der Waals surface area contributed by atoms with Crippen LogP contribution in [0.4, 0.5) is 0 Å². The number of hydrogen-bond acceptors (Lipinski definition) is 4. The Morgan fingerprint density at radius 1 is 1.40 bits per heavy atom. The molecule has 0 radical (unpaired) electrons. The third kappa shape index (κ3) is 3.44. The van der Waals surface area contributed by atoms with Crippen LogP contribution in [0, 0.1) is 6.92 Å². The molecule has 4 nitrogen and oxygen atoms in total. The third-order valence-corrected chi connectivity index (χ3v) is 8.24. The van der Waals surface area contributed by atoms with Gasteiger partial charge in [-0.1, -0.05) is 19.3 Å². The molecule has 0 atom stereocenters. The molecule has 1 aliphatic carbocycles. The molecule has 1 aromatic heterocycles. The Bertz CT molecular complexity index is 530. The Labute approximate surface area is 133 Å². The molecule has 1 aliphatic rings. The highest BCUT2D eigenvalue weighted by atomic mass is 79.9. The maximum absolute atomic E-state index is 12.8. The van der Waals surface area contributed by atoms with Gasteiger partial charge in [0.2, 0.25) is 0 Å². The second kappa shape index (κ2) is 6.87. The standard InChI is InChI=1S/C13H20BrNO3S2/c1-10-9-12(19-13(10)14)20(17,18)15(7-8-16)11-5-3-2-4-6-11/h9,11,16H,2-8H2,1H3. The van der Waals surface area contributed by atoms with Gasteiger partial charge >= 0.3 is 0 Å². The summed E-state index contributed by atoms with van der Waals surface area (Å²) in [5.41, 5.74) is 0.932. The van der Waals surface area contributed by atoms with E-state index in [1.54, 1.807) is 6.07 Å². The van der Waals surface area contributed by atoms with E-state index < -0.39 is 10.0 Å². The number of thiophene rings is 1. The van der Waals surface area contributed by atoms with Crippen molar-refractivity contribution in [3.05, 3.63) is 15.4 Å². The molecule has 1 fully saturated rings. The van der Waals surface area contributed by atoms with Gasteiger partial charge in [-0.2, -0.15) is 4.31 Å². The molecule has 1 aromatic rings. The Kier molecular flexibility index (Phi) is 5.64. The van der Waals surface area contributed by atoms with Crippen LogP contribution in [0.3, 0.4) is 0 Å². The smallest absolute Gasteiger partial charge is 0.252 e. The molecular formula is C13H20BrNO3S2. The lowest BCUT2D eigenvalue weighted by Gasteiger charge is -2.32. The molecule has 0 amide bonds. The first-order valence-electron chi connectivity index (χ1n) is 6.85. The first-order valence-corrected chi connectivity index (χ1v) is 9.90. The fourth-order valence-corrected chi connectivity index (χ4v) is 6.67. The largest absolute Gasteiger partial charge is 0.395 e. The van der Waals surface area contributed by atoms with E-state index in [2.05, 4.69) is 15.9 Å². The van der Waals surface area contributed by atoms with E-state index in [1.165, 1.54) is 22.1 Å². The molecular weight excluding hydrogens is 362 g/mol. The van der Waals surface area contributed by atoms with Crippen LogP contribution >= 0.6 is 27.3 Å². The van der Waals surface area contributed by atoms with Crippen molar-refractivity contribution in [3.8, 4) is 0 Å². The number of aliphatic hydroxyl groups excluding tert-OH is 1. The highest BCUT2D eigenvalue weighted by Gasteiger charge is 2.33. The molecule has 0 aromatic carbocycles. The van der Waals surface area contributed by atoms with E-state index in [-0.39, 0.29) is 19.2 Å². The molecule has 0 aliphatic heterocycles. The Hall–Kier alpha value is 0.0500. The van der Waals surface area contributed by atoms with Crippen molar-refractivity contribution < 1.29 is 13.5 Å². The molecule has 0 saturated heterocycles. The normalized spacial score (nSPS) is 17.8. The topological polar surface area (TPSA) is 57.6 Å². The van der Waals surface area contributed by atoms with Gasteiger partial charge in [0.15, 0.2) is 0 Å². The van der Waals surface area contributed by atoms with Crippen LogP contribution in [-0.2, 0) is 10.0 Å². The number of nitrogens with zero attached hydrogens (tertiary/aromatic N) is 1. The number of aliphatic hydroxyl groups is 1. The Morgan fingerprint density at radius 3 is 2.55 bits per heavy atom. The van der Waals surface area contributed by atoms with Gasteiger partial charge in [0.25, 0.3) is 10.0 Å². The fraction of sp³-hybridized carbons (Fsp3) is 0.692. The highest BCUT2D eigenvalue weighted by molar-refractivity contribution is 9.11. The molecule has 1 heterocycles. The lowest BCUT2D eigenvalue weighted by atomic mass is 9.95. The maximum Gasteiger partial charge on any atom is 0.252 e. The zero-order chi connectivity index (χ0) is 14.8. The van der Waals surface area contributed by atoms with Gasteiger partial charge in [-0.3, -0.25) is 0 Å². The average Bonchev–Trinajstić information content (AvgIpc) is 2.77. The summed E-state index contributed by atoms with van der Waals surface area (Å²) in [6.07, 6.45) is 5.09. The van der Waals surface area contributed by atoms with Crippen molar-refractivity contribution in [1.82, 2.24) is 4.31 Å². The van der Waals surface area contributed by atoms with Crippen molar-refractivity contribution in [2.45, 2.75) is 49.3 Å². The van der Waals surface area contributed by atoms with Crippen LogP contribution in [0.25, 0.3) is 0 Å². The summed E-state index contributed by atoms with van der Waals surface area (Å²) in [5, 5.41) is 9.23. The second-order valence-electron chi connectivity index (χ2n) is 5.15. The molecule has 114 valence electrons. The molecule has 0 unspecified atom stereocenters. The van der Waals surface area contributed by atoms with Crippen LogP contribution in [0.5, 0.6) is 0 Å². The number of rotatable bonds is 5. The van der Waals surface area contributed by atoms with Gasteiger partial charge in [0, 0.05) is 12.6 Å². The highest BCUT2D eigenvalue weighted by Crippen LogP contribution is 2.34. The van der Waals surface area contributed by atoms with E-state index in [4.69, 9.17) is 0 Å². The van der Waals surface area contributed by atoms with Crippen LogP contribution in [0.15, 0.2) is 14.1 Å². The summed E-state index contributed by atoms with van der Waals surface area (Å²) in [7, 11) is -3.50. The molecule has 2 rings (SSSR count). The van der Waals surface area contributed by atoms with Crippen LogP contribution in [0.2, 0.25) is 0 Å². The molecule has 0 spiro atoms. The summed E-state index contributed by atoms with van der Waals surface area (Å²) >= 11 is 4.62. The monoisotopic (exact) mass is 381 g/mol. The summed E-state index contributed by atoms with van der Waals surface area (Å²) in [5.74, 6) is 0. The zero-order valence-corrected chi connectivity index (χ0v) is 14.7. The molecule has 7 heteroatoms. The number of hydrogen-bond donors (Lipinski definition) is 1. The molecule has 0 bridgehead atoms. The van der Waals surface area contributed by atoms with Crippen LogP contribution < -0.4 is 0 Å². The first kappa shape index (κ1) is 16.4. The fourth-order valence-electron chi connectivity index (χ4n) is 2.64. The lowest BCUT2D eigenvalue weighted by Crippen LogP contribution is -2.42. The van der Waals surface area contributed by atoms with E-state index in [9.17, 15) is 13.5 Å². The van der Waals surface area contributed by atoms with E-state index in [0.717, 1.165) is 35.0 Å². The summed E-state index contributed by atoms with van der Waals surface area (Å²) in [4.78, 5) is 0. The minimum Gasteiger partial charge on any atom is -0.395 e. The predicted octanol–water partition coefficient (Wildman–Crippen LogP) is 3.13. The average molecular weight is 382 g/mol. The molecule has 1 N–H and O–H groups in total. The Balaban J connectivity index is 2.31. The van der Waals surface area contributed by atoms with Gasteiger partial charge in [-0.25, -0.2) is 8.42 Å². The lowest BCUT2D eigenvalue weighted by molar-refractivity contribution is 0.199. The second-order valence-corrected chi connectivity index (χ2v) is 9.64. The third-order valence-electron chi connectivity index (χ3n) is 3.70. The van der Waals surface area contributed by atoms with Gasteiger partial charge in [0.1, 0.15) is 4.21 Å². The van der Waals surface area contributed by atoms with Crippen molar-refractivity contribution in [2.75, 3.05) is 13.2 Å². The number of sulfonamides is 1. The summed E-state index contributed by atoms with van der Waals surface area (Å²) in [6.45, 7) is 1.93.